The molecule has 4 heterocycles. The summed E-state index contributed by atoms with van der Waals surface area (Å²) in [5, 5.41) is 7.07. The normalized spacial score (nSPS) is 16.8. The largest absolute Gasteiger partial charge is 0.356 e. The minimum atomic E-state index is -0.152. The molecule has 1 aliphatic heterocycles. The van der Waals surface area contributed by atoms with Gasteiger partial charge in [0, 0.05) is 42.9 Å². The maximum absolute atomic E-state index is 12.8. The van der Waals surface area contributed by atoms with E-state index in [4.69, 9.17) is 0 Å². The van der Waals surface area contributed by atoms with Crippen molar-refractivity contribution in [1.29, 1.82) is 0 Å². The minimum Gasteiger partial charge on any atom is -0.356 e. The van der Waals surface area contributed by atoms with Crippen LogP contribution in [0.4, 0.5) is 11.8 Å². The number of amides is 1. The molecule has 3 aromatic heterocycles. The molecule has 28 heavy (non-hydrogen) atoms. The van der Waals surface area contributed by atoms with E-state index in [0.717, 1.165) is 36.6 Å². The zero-order valence-electron chi connectivity index (χ0n) is 15.9. The van der Waals surface area contributed by atoms with Gasteiger partial charge < -0.3 is 4.90 Å². The number of nitrogens with zero attached hydrogens (tertiary/aromatic N) is 7. The average molecular weight is 378 g/mol. The Morgan fingerprint density at radius 1 is 1.14 bits per heavy atom. The van der Waals surface area contributed by atoms with E-state index in [-0.39, 0.29) is 11.8 Å². The molecule has 4 rings (SSSR count). The molecule has 1 aliphatic rings. The molecule has 0 saturated carbocycles. The smallest absolute Gasteiger partial charge is 0.231 e. The van der Waals surface area contributed by atoms with Gasteiger partial charge in [0.15, 0.2) is 5.82 Å². The van der Waals surface area contributed by atoms with Crippen LogP contribution in [-0.4, -0.2) is 48.7 Å². The van der Waals surface area contributed by atoms with E-state index in [0.29, 0.717) is 18.3 Å². The van der Waals surface area contributed by atoms with E-state index < -0.39 is 0 Å². The Kier molecular flexibility index (Phi) is 4.96. The monoisotopic (exact) mass is 378 g/mol. The van der Waals surface area contributed by atoms with Crippen LogP contribution in [-0.2, 0) is 4.79 Å². The van der Waals surface area contributed by atoms with Gasteiger partial charge >= 0.3 is 0 Å². The standard InChI is InChI=1S/C19H22N8O/c1-13-9-14(2)24-19(23-13)25-18(28)15-5-3-7-26(11-15)16-10-17(21-12-20-16)27-8-4-6-22-27/h4,6,8-10,12,15H,3,5,7,11H2,1-2H3,(H,23,24,25,28). The number of hydrogen-bond acceptors (Lipinski definition) is 7. The second-order valence-electron chi connectivity index (χ2n) is 6.93. The predicted molar refractivity (Wildman–Crippen MR) is 104 cm³/mol. The van der Waals surface area contributed by atoms with Crippen molar-refractivity contribution < 1.29 is 4.79 Å². The lowest BCUT2D eigenvalue weighted by atomic mass is 9.97. The molecule has 1 atom stereocenters. The first-order valence-corrected chi connectivity index (χ1v) is 9.28. The van der Waals surface area contributed by atoms with E-state index in [2.05, 4.69) is 35.3 Å². The molecule has 0 aromatic carbocycles. The highest BCUT2D eigenvalue weighted by Gasteiger charge is 2.27. The molecule has 1 saturated heterocycles. The van der Waals surface area contributed by atoms with Crippen LogP contribution in [0.5, 0.6) is 0 Å². The molecular formula is C19H22N8O. The zero-order chi connectivity index (χ0) is 19.5. The van der Waals surface area contributed by atoms with Crippen molar-refractivity contribution in [3.05, 3.63) is 48.3 Å². The minimum absolute atomic E-state index is 0.0592. The van der Waals surface area contributed by atoms with Crippen molar-refractivity contribution in [3.8, 4) is 5.82 Å². The summed E-state index contributed by atoms with van der Waals surface area (Å²) >= 11 is 0. The third kappa shape index (κ3) is 3.98. The van der Waals surface area contributed by atoms with Crippen LogP contribution in [0.1, 0.15) is 24.2 Å². The summed E-state index contributed by atoms with van der Waals surface area (Å²) in [5.74, 6) is 1.64. The molecule has 144 valence electrons. The van der Waals surface area contributed by atoms with Gasteiger partial charge in [0.2, 0.25) is 11.9 Å². The van der Waals surface area contributed by atoms with Gasteiger partial charge in [-0.2, -0.15) is 5.10 Å². The number of carbonyl (C=O) groups excluding carboxylic acids is 1. The Hall–Kier alpha value is -3.36. The van der Waals surface area contributed by atoms with Crippen LogP contribution in [0.15, 0.2) is 36.9 Å². The average Bonchev–Trinajstić information content (AvgIpc) is 3.22. The summed E-state index contributed by atoms with van der Waals surface area (Å²) in [4.78, 5) is 32.1. The quantitative estimate of drug-likeness (QED) is 0.740. The fraction of sp³-hybridized carbons (Fsp3) is 0.368. The molecule has 0 aliphatic carbocycles. The van der Waals surface area contributed by atoms with Crippen LogP contribution in [0, 0.1) is 19.8 Å². The lowest BCUT2D eigenvalue weighted by molar-refractivity contribution is -0.120. The third-order valence-electron chi connectivity index (χ3n) is 4.71. The maximum Gasteiger partial charge on any atom is 0.231 e. The molecule has 1 unspecified atom stereocenters. The molecule has 9 heteroatoms. The second-order valence-corrected chi connectivity index (χ2v) is 6.93. The molecule has 1 N–H and O–H groups in total. The molecule has 0 spiro atoms. The van der Waals surface area contributed by atoms with Crippen molar-refractivity contribution >= 4 is 17.7 Å². The fourth-order valence-electron chi connectivity index (χ4n) is 3.43. The van der Waals surface area contributed by atoms with Crippen LogP contribution >= 0.6 is 0 Å². The number of aryl methyl sites for hydroxylation is 2. The number of nitrogens with one attached hydrogen (secondary N) is 1. The Balaban J connectivity index is 1.47. The van der Waals surface area contributed by atoms with Gasteiger partial charge in [-0.25, -0.2) is 24.6 Å². The molecule has 9 nitrogen and oxygen atoms in total. The van der Waals surface area contributed by atoms with Gasteiger partial charge in [0.25, 0.3) is 0 Å². The lowest BCUT2D eigenvalue weighted by Crippen LogP contribution is -2.41. The highest BCUT2D eigenvalue weighted by atomic mass is 16.2. The van der Waals surface area contributed by atoms with Gasteiger partial charge in [-0.15, -0.1) is 0 Å². The van der Waals surface area contributed by atoms with E-state index >= 15 is 0 Å². The molecular weight excluding hydrogens is 356 g/mol. The fourth-order valence-corrected chi connectivity index (χ4v) is 3.43. The summed E-state index contributed by atoms with van der Waals surface area (Å²) in [7, 11) is 0. The van der Waals surface area contributed by atoms with E-state index in [1.54, 1.807) is 10.9 Å². The van der Waals surface area contributed by atoms with E-state index in [1.807, 2.05) is 38.2 Å². The second kappa shape index (κ2) is 7.71. The van der Waals surface area contributed by atoms with Crippen LogP contribution in [0.2, 0.25) is 0 Å². The van der Waals surface area contributed by atoms with Crippen molar-refractivity contribution in [3.63, 3.8) is 0 Å². The summed E-state index contributed by atoms with van der Waals surface area (Å²) in [6.07, 6.45) is 6.80. The highest BCUT2D eigenvalue weighted by Crippen LogP contribution is 2.23. The van der Waals surface area contributed by atoms with Crippen LogP contribution < -0.4 is 10.2 Å². The summed E-state index contributed by atoms with van der Waals surface area (Å²) < 4.78 is 1.69. The van der Waals surface area contributed by atoms with Gasteiger partial charge in [0.05, 0.1) is 5.92 Å². The van der Waals surface area contributed by atoms with Crippen molar-refractivity contribution in [2.75, 3.05) is 23.3 Å². The first-order valence-electron chi connectivity index (χ1n) is 9.28. The number of rotatable bonds is 4. The molecule has 0 radical (unpaired) electrons. The maximum atomic E-state index is 12.8. The Labute approximate surface area is 162 Å². The molecule has 1 fully saturated rings. The topological polar surface area (TPSA) is 102 Å². The summed E-state index contributed by atoms with van der Waals surface area (Å²) in [6, 6.07) is 5.61. The number of anilines is 2. The highest BCUT2D eigenvalue weighted by molar-refractivity contribution is 5.91. The predicted octanol–water partition coefficient (Wildman–Crippen LogP) is 1.92. The number of piperidine rings is 1. The van der Waals surface area contributed by atoms with Gasteiger partial charge in [0.1, 0.15) is 12.1 Å². The SMILES string of the molecule is Cc1cc(C)nc(NC(=O)C2CCCN(c3cc(-n4cccn4)ncn3)C2)n1. The number of hydrogen-bond donors (Lipinski definition) is 1. The Bertz CT molecular complexity index is 952. The van der Waals surface area contributed by atoms with Gasteiger partial charge in [-0.3, -0.25) is 10.1 Å². The van der Waals surface area contributed by atoms with Gasteiger partial charge in [-0.1, -0.05) is 0 Å². The summed E-state index contributed by atoms with van der Waals surface area (Å²) in [6.45, 7) is 5.21. The Morgan fingerprint density at radius 3 is 2.68 bits per heavy atom. The molecule has 1 amide bonds. The van der Waals surface area contributed by atoms with Crippen molar-refractivity contribution in [2.24, 2.45) is 5.92 Å². The van der Waals surface area contributed by atoms with Crippen LogP contribution in [0.25, 0.3) is 5.82 Å². The first-order chi connectivity index (χ1) is 13.6. The third-order valence-corrected chi connectivity index (χ3v) is 4.71. The molecule has 3 aromatic rings. The first kappa shape index (κ1) is 18.0. The van der Waals surface area contributed by atoms with Gasteiger partial charge in [-0.05, 0) is 38.8 Å². The molecule has 0 bridgehead atoms. The van der Waals surface area contributed by atoms with Crippen molar-refractivity contribution in [2.45, 2.75) is 26.7 Å². The lowest BCUT2D eigenvalue weighted by Gasteiger charge is -2.32. The van der Waals surface area contributed by atoms with Crippen LogP contribution in [0.3, 0.4) is 0 Å². The van der Waals surface area contributed by atoms with E-state index in [1.165, 1.54) is 6.33 Å². The number of carbonyl (C=O) groups is 1. The number of aromatic nitrogens is 6. The van der Waals surface area contributed by atoms with Crippen molar-refractivity contribution in [1.82, 2.24) is 29.7 Å². The zero-order valence-corrected chi connectivity index (χ0v) is 15.9. The Morgan fingerprint density at radius 2 is 1.93 bits per heavy atom. The summed E-state index contributed by atoms with van der Waals surface area (Å²) in [5.41, 5.74) is 1.67. The van der Waals surface area contributed by atoms with E-state index in [9.17, 15) is 4.79 Å².